The minimum Gasteiger partial charge on any atom is -0.475 e. The fraction of sp³-hybridized carbons (Fsp3) is 0.368. The van der Waals surface area contributed by atoms with E-state index < -0.39 is 5.82 Å². The minimum atomic E-state index is -0.393. The third-order valence-electron chi connectivity index (χ3n) is 4.60. The molecular weight excluding hydrogens is 363 g/mol. The highest BCUT2D eigenvalue weighted by atomic mass is 19.1. The van der Waals surface area contributed by atoms with Crippen LogP contribution in [0, 0.1) is 5.82 Å². The molecule has 146 valence electrons. The van der Waals surface area contributed by atoms with Crippen molar-refractivity contribution in [3.05, 3.63) is 42.1 Å². The Balaban J connectivity index is 1.45. The Kier molecular flexibility index (Phi) is 4.81. The Morgan fingerprint density at radius 3 is 2.71 bits per heavy atom. The van der Waals surface area contributed by atoms with Gasteiger partial charge in [-0.05, 0) is 32.0 Å². The van der Waals surface area contributed by atoms with E-state index in [1.54, 1.807) is 11.0 Å². The molecular formula is C19H21FN6O2. The Bertz CT molecular complexity index is 997. The molecule has 0 aliphatic carbocycles. The molecule has 0 bridgehead atoms. The largest absolute Gasteiger partial charge is 0.475 e. The van der Waals surface area contributed by atoms with Crippen molar-refractivity contribution in [2.75, 3.05) is 31.1 Å². The number of piperazine rings is 1. The number of anilines is 1. The number of hydrogen-bond acceptors (Lipinski definition) is 6. The fourth-order valence-electron chi connectivity index (χ4n) is 3.25. The van der Waals surface area contributed by atoms with Gasteiger partial charge >= 0.3 is 0 Å². The second-order valence-corrected chi connectivity index (χ2v) is 6.92. The minimum absolute atomic E-state index is 0.0331. The number of ether oxygens (including phenoxy) is 1. The molecule has 0 radical (unpaired) electrons. The van der Waals surface area contributed by atoms with Gasteiger partial charge in [0.2, 0.25) is 5.88 Å². The lowest BCUT2D eigenvalue weighted by molar-refractivity contribution is 0.0742. The van der Waals surface area contributed by atoms with Crippen LogP contribution < -0.4 is 9.64 Å². The van der Waals surface area contributed by atoms with Gasteiger partial charge < -0.3 is 14.5 Å². The fourth-order valence-corrected chi connectivity index (χ4v) is 3.25. The van der Waals surface area contributed by atoms with Crippen molar-refractivity contribution in [3.8, 4) is 5.88 Å². The van der Waals surface area contributed by atoms with Crippen LogP contribution in [0.1, 0.15) is 24.3 Å². The van der Waals surface area contributed by atoms with Gasteiger partial charge in [-0.25, -0.2) is 14.4 Å². The number of hydrogen-bond donors (Lipinski definition) is 1. The normalized spacial score (nSPS) is 14.7. The van der Waals surface area contributed by atoms with E-state index in [1.807, 2.05) is 19.9 Å². The van der Waals surface area contributed by atoms with Crippen molar-refractivity contribution < 1.29 is 13.9 Å². The summed E-state index contributed by atoms with van der Waals surface area (Å²) in [4.78, 5) is 25.1. The molecule has 1 amide bonds. The number of fused-ring (bicyclic) bond motifs is 1. The molecule has 9 heteroatoms. The first-order valence-corrected chi connectivity index (χ1v) is 9.18. The maximum absolute atomic E-state index is 13.6. The summed E-state index contributed by atoms with van der Waals surface area (Å²) >= 11 is 0. The average Bonchev–Trinajstić information content (AvgIpc) is 3.10. The standard InChI is InChI=1S/C19H21FN6O2/c1-12(2)28-17-10-16(21-11-22-17)25-5-7-26(8-6-25)19(27)18-14-9-13(20)3-4-15(14)23-24-18/h3-4,9-12H,5-8H2,1-2H3,(H,23,24). The van der Waals surface area contributed by atoms with Gasteiger partial charge in [0.1, 0.15) is 18.0 Å². The van der Waals surface area contributed by atoms with Crippen LogP contribution in [0.2, 0.25) is 0 Å². The van der Waals surface area contributed by atoms with Gasteiger partial charge in [0.25, 0.3) is 5.91 Å². The maximum Gasteiger partial charge on any atom is 0.275 e. The molecule has 2 aromatic heterocycles. The predicted molar refractivity (Wildman–Crippen MR) is 102 cm³/mol. The number of amides is 1. The first-order chi connectivity index (χ1) is 13.5. The number of nitrogens with one attached hydrogen (secondary N) is 1. The Hall–Kier alpha value is -3.23. The third-order valence-corrected chi connectivity index (χ3v) is 4.60. The lowest BCUT2D eigenvalue weighted by Crippen LogP contribution is -2.49. The number of aromatic amines is 1. The lowest BCUT2D eigenvalue weighted by atomic mass is 10.2. The lowest BCUT2D eigenvalue weighted by Gasteiger charge is -2.35. The molecule has 0 spiro atoms. The summed E-state index contributed by atoms with van der Waals surface area (Å²) in [6.07, 6.45) is 1.51. The van der Waals surface area contributed by atoms with Crippen LogP contribution in [0.4, 0.5) is 10.2 Å². The summed E-state index contributed by atoms with van der Waals surface area (Å²) < 4.78 is 19.2. The molecule has 8 nitrogen and oxygen atoms in total. The SMILES string of the molecule is CC(C)Oc1cc(N2CCN(C(=O)c3n[nH]c4ccc(F)cc34)CC2)ncn1. The van der Waals surface area contributed by atoms with Crippen LogP contribution in [0.15, 0.2) is 30.6 Å². The molecule has 0 atom stereocenters. The van der Waals surface area contributed by atoms with Crippen LogP contribution in [-0.4, -0.2) is 63.3 Å². The van der Waals surface area contributed by atoms with E-state index in [-0.39, 0.29) is 17.7 Å². The van der Waals surface area contributed by atoms with Gasteiger partial charge in [-0.1, -0.05) is 0 Å². The van der Waals surface area contributed by atoms with Crippen molar-refractivity contribution in [1.82, 2.24) is 25.1 Å². The second kappa shape index (κ2) is 7.41. The first kappa shape index (κ1) is 18.1. The second-order valence-electron chi connectivity index (χ2n) is 6.92. The monoisotopic (exact) mass is 384 g/mol. The molecule has 28 heavy (non-hydrogen) atoms. The van der Waals surface area contributed by atoms with E-state index in [0.29, 0.717) is 43.0 Å². The number of benzene rings is 1. The zero-order valence-corrected chi connectivity index (χ0v) is 15.7. The zero-order chi connectivity index (χ0) is 19.7. The van der Waals surface area contributed by atoms with Crippen molar-refractivity contribution in [2.45, 2.75) is 20.0 Å². The summed E-state index contributed by atoms with van der Waals surface area (Å²) in [7, 11) is 0. The number of halogens is 1. The topological polar surface area (TPSA) is 87.2 Å². The zero-order valence-electron chi connectivity index (χ0n) is 15.7. The molecule has 1 aromatic carbocycles. The Morgan fingerprint density at radius 2 is 1.96 bits per heavy atom. The quantitative estimate of drug-likeness (QED) is 0.742. The van der Waals surface area contributed by atoms with Crippen molar-refractivity contribution in [1.29, 1.82) is 0 Å². The Labute approximate surface area is 161 Å². The number of aromatic nitrogens is 4. The van der Waals surface area contributed by atoms with Gasteiger partial charge in [-0.3, -0.25) is 9.89 Å². The van der Waals surface area contributed by atoms with E-state index in [4.69, 9.17) is 4.74 Å². The summed E-state index contributed by atoms with van der Waals surface area (Å²) in [5, 5.41) is 7.38. The van der Waals surface area contributed by atoms with Crippen LogP contribution >= 0.6 is 0 Å². The van der Waals surface area contributed by atoms with Crippen LogP contribution in [-0.2, 0) is 0 Å². The van der Waals surface area contributed by atoms with Gasteiger partial charge in [-0.15, -0.1) is 0 Å². The molecule has 4 rings (SSSR count). The highest BCUT2D eigenvalue weighted by Gasteiger charge is 2.26. The number of carbonyl (C=O) groups excluding carboxylic acids is 1. The molecule has 1 saturated heterocycles. The van der Waals surface area contributed by atoms with Crippen molar-refractivity contribution in [3.63, 3.8) is 0 Å². The van der Waals surface area contributed by atoms with Crippen LogP contribution in [0.5, 0.6) is 5.88 Å². The summed E-state index contributed by atoms with van der Waals surface area (Å²) in [6, 6.07) is 6.06. The van der Waals surface area contributed by atoms with E-state index in [1.165, 1.54) is 18.5 Å². The van der Waals surface area contributed by atoms with E-state index in [9.17, 15) is 9.18 Å². The summed E-state index contributed by atoms with van der Waals surface area (Å²) in [6.45, 7) is 6.18. The third kappa shape index (κ3) is 3.60. The van der Waals surface area contributed by atoms with Crippen LogP contribution in [0.25, 0.3) is 10.9 Å². The van der Waals surface area contributed by atoms with Gasteiger partial charge in [0.05, 0.1) is 11.6 Å². The van der Waals surface area contributed by atoms with Gasteiger partial charge in [0, 0.05) is 37.6 Å². The molecule has 0 saturated carbocycles. The molecule has 1 fully saturated rings. The molecule has 3 heterocycles. The molecule has 1 aliphatic rings. The smallest absolute Gasteiger partial charge is 0.275 e. The summed E-state index contributed by atoms with van der Waals surface area (Å²) in [5.74, 6) is 0.701. The average molecular weight is 384 g/mol. The first-order valence-electron chi connectivity index (χ1n) is 9.18. The van der Waals surface area contributed by atoms with E-state index >= 15 is 0 Å². The number of rotatable bonds is 4. The van der Waals surface area contributed by atoms with Gasteiger partial charge in [-0.2, -0.15) is 5.10 Å². The number of nitrogens with zero attached hydrogens (tertiary/aromatic N) is 5. The van der Waals surface area contributed by atoms with Crippen molar-refractivity contribution >= 4 is 22.6 Å². The molecule has 0 unspecified atom stereocenters. The highest BCUT2D eigenvalue weighted by molar-refractivity contribution is 6.04. The van der Waals surface area contributed by atoms with Gasteiger partial charge in [0.15, 0.2) is 5.69 Å². The van der Waals surface area contributed by atoms with Crippen LogP contribution in [0.3, 0.4) is 0 Å². The number of carbonyl (C=O) groups is 1. The highest BCUT2D eigenvalue weighted by Crippen LogP contribution is 2.21. The molecule has 1 aliphatic heterocycles. The maximum atomic E-state index is 13.6. The molecule has 3 aromatic rings. The predicted octanol–water partition coefficient (Wildman–Crippen LogP) is 2.24. The van der Waals surface area contributed by atoms with E-state index in [0.717, 1.165) is 5.82 Å². The number of H-pyrrole nitrogens is 1. The Morgan fingerprint density at radius 1 is 1.18 bits per heavy atom. The molecule has 1 N–H and O–H groups in total. The van der Waals surface area contributed by atoms with Crippen molar-refractivity contribution in [2.24, 2.45) is 0 Å². The summed E-state index contributed by atoms with van der Waals surface area (Å²) in [5.41, 5.74) is 0.889. The van der Waals surface area contributed by atoms with E-state index in [2.05, 4.69) is 25.1 Å².